The molecule has 1 aromatic carbocycles. The number of hydrogen-bond acceptors (Lipinski definition) is 3. The SMILES string of the molecule is C#CCC(NC(=O)c1ccccc1N)C(=O)O. The largest absolute Gasteiger partial charge is 0.480 e. The fourth-order valence-corrected chi connectivity index (χ4v) is 1.26. The lowest BCUT2D eigenvalue weighted by molar-refractivity contribution is -0.139. The van der Waals surface area contributed by atoms with Crippen molar-refractivity contribution in [3.63, 3.8) is 0 Å². The number of nitrogens with two attached hydrogens (primary N) is 1. The molecule has 1 atom stereocenters. The highest BCUT2D eigenvalue weighted by molar-refractivity contribution is 6.00. The van der Waals surface area contributed by atoms with Crippen molar-refractivity contribution in [3.05, 3.63) is 29.8 Å². The lowest BCUT2D eigenvalue weighted by Crippen LogP contribution is -2.40. The van der Waals surface area contributed by atoms with E-state index in [1.165, 1.54) is 6.07 Å². The first-order valence-electron chi connectivity index (χ1n) is 4.88. The van der Waals surface area contributed by atoms with E-state index in [1.807, 2.05) is 0 Å². The first kappa shape index (κ1) is 12.6. The van der Waals surface area contributed by atoms with Crippen LogP contribution >= 0.6 is 0 Å². The fourth-order valence-electron chi connectivity index (χ4n) is 1.26. The predicted molar refractivity (Wildman–Crippen MR) is 63.2 cm³/mol. The van der Waals surface area contributed by atoms with Crippen molar-refractivity contribution in [2.75, 3.05) is 5.73 Å². The van der Waals surface area contributed by atoms with Gasteiger partial charge < -0.3 is 16.2 Å². The van der Waals surface area contributed by atoms with E-state index < -0.39 is 17.9 Å². The summed E-state index contributed by atoms with van der Waals surface area (Å²) in [6.07, 6.45) is 4.95. The van der Waals surface area contributed by atoms with E-state index in [9.17, 15) is 9.59 Å². The molecule has 0 aromatic heterocycles. The zero-order valence-corrected chi connectivity index (χ0v) is 9.01. The van der Waals surface area contributed by atoms with Gasteiger partial charge in [-0.3, -0.25) is 4.79 Å². The van der Waals surface area contributed by atoms with E-state index in [-0.39, 0.29) is 17.7 Å². The van der Waals surface area contributed by atoms with Crippen LogP contribution in [0.25, 0.3) is 0 Å². The Morgan fingerprint density at radius 2 is 2.12 bits per heavy atom. The number of nitrogen functional groups attached to an aromatic ring is 1. The average molecular weight is 232 g/mol. The Labute approximate surface area is 98.6 Å². The summed E-state index contributed by atoms with van der Waals surface area (Å²) in [5.74, 6) is 0.468. The van der Waals surface area contributed by atoms with Crippen LogP contribution in [0.15, 0.2) is 24.3 Å². The van der Waals surface area contributed by atoms with Gasteiger partial charge in [0.25, 0.3) is 5.91 Å². The van der Waals surface area contributed by atoms with E-state index in [4.69, 9.17) is 17.3 Å². The summed E-state index contributed by atoms with van der Waals surface area (Å²) in [5, 5.41) is 11.1. The van der Waals surface area contributed by atoms with E-state index >= 15 is 0 Å². The smallest absolute Gasteiger partial charge is 0.327 e. The third kappa shape index (κ3) is 3.24. The van der Waals surface area contributed by atoms with Crippen LogP contribution in [0.1, 0.15) is 16.8 Å². The van der Waals surface area contributed by atoms with Crippen LogP contribution in [-0.2, 0) is 4.79 Å². The molecular formula is C12H12N2O3. The van der Waals surface area contributed by atoms with Crippen molar-refractivity contribution in [1.29, 1.82) is 0 Å². The molecule has 0 spiro atoms. The van der Waals surface area contributed by atoms with Crippen molar-refractivity contribution >= 4 is 17.6 Å². The van der Waals surface area contributed by atoms with Crippen LogP contribution in [0.5, 0.6) is 0 Å². The highest BCUT2D eigenvalue weighted by Gasteiger charge is 2.20. The summed E-state index contributed by atoms with van der Waals surface area (Å²) in [5.41, 5.74) is 6.12. The highest BCUT2D eigenvalue weighted by Crippen LogP contribution is 2.10. The summed E-state index contributed by atoms with van der Waals surface area (Å²) < 4.78 is 0. The molecule has 0 aliphatic heterocycles. The first-order chi connectivity index (χ1) is 8.06. The number of carbonyl (C=O) groups excluding carboxylic acids is 1. The number of rotatable bonds is 4. The highest BCUT2D eigenvalue weighted by atomic mass is 16.4. The molecule has 88 valence electrons. The average Bonchev–Trinajstić information content (AvgIpc) is 2.28. The van der Waals surface area contributed by atoms with Crippen LogP contribution in [-0.4, -0.2) is 23.0 Å². The molecule has 5 heteroatoms. The van der Waals surface area contributed by atoms with E-state index in [0.29, 0.717) is 0 Å². The predicted octanol–water partition coefficient (Wildman–Crippen LogP) is 0.475. The standard InChI is InChI=1S/C12H12N2O3/c1-2-5-10(12(16)17)14-11(15)8-6-3-4-7-9(8)13/h1,3-4,6-7,10H,5,13H2,(H,14,15)(H,16,17). The Balaban J connectivity index is 2.82. The Hall–Kier alpha value is -2.48. The zero-order valence-electron chi connectivity index (χ0n) is 9.01. The van der Waals surface area contributed by atoms with Crippen LogP contribution in [0, 0.1) is 12.3 Å². The fraction of sp³-hybridized carbons (Fsp3) is 0.167. The molecule has 0 fully saturated rings. The molecule has 17 heavy (non-hydrogen) atoms. The van der Waals surface area contributed by atoms with Gasteiger partial charge in [-0.25, -0.2) is 4.79 Å². The van der Waals surface area contributed by atoms with Gasteiger partial charge in [-0.05, 0) is 12.1 Å². The summed E-state index contributed by atoms with van der Waals surface area (Å²) in [4.78, 5) is 22.5. The second kappa shape index (κ2) is 5.56. The molecule has 0 aliphatic rings. The van der Waals surface area contributed by atoms with Gasteiger partial charge in [0.1, 0.15) is 6.04 Å². The number of terminal acetylenes is 1. The molecule has 0 saturated carbocycles. The number of carboxylic acid groups (broad SMARTS) is 1. The quantitative estimate of drug-likeness (QED) is 0.520. The summed E-state index contributed by atoms with van der Waals surface area (Å²) in [6.45, 7) is 0. The summed E-state index contributed by atoms with van der Waals surface area (Å²) in [6, 6.07) is 5.29. The molecule has 1 unspecified atom stereocenters. The van der Waals surface area contributed by atoms with Crippen LogP contribution in [0.2, 0.25) is 0 Å². The van der Waals surface area contributed by atoms with Gasteiger partial charge in [-0.1, -0.05) is 12.1 Å². The number of anilines is 1. The van der Waals surface area contributed by atoms with E-state index in [2.05, 4.69) is 11.2 Å². The Morgan fingerprint density at radius 3 is 2.65 bits per heavy atom. The number of carboxylic acids is 1. The maximum absolute atomic E-state index is 11.7. The van der Waals surface area contributed by atoms with Crippen LogP contribution in [0.3, 0.4) is 0 Å². The van der Waals surface area contributed by atoms with Gasteiger partial charge in [0.2, 0.25) is 0 Å². The topological polar surface area (TPSA) is 92.4 Å². The molecule has 4 N–H and O–H groups in total. The third-order valence-electron chi connectivity index (χ3n) is 2.13. The Bertz CT molecular complexity index is 477. The van der Waals surface area contributed by atoms with Crippen molar-refractivity contribution in [2.45, 2.75) is 12.5 Å². The molecule has 5 nitrogen and oxygen atoms in total. The molecule has 1 aromatic rings. The van der Waals surface area contributed by atoms with Crippen LogP contribution in [0.4, 0.5) is 5.69 Å². The second-order valence-electron chi connectivity index (χ2n) is 3.36. The minimum Gasteiger partial charge on any atom is -0.480 e. The lowest BCUT2D eigenvalue weighted by Gasteiger charge is -2.12. The first-order valence-corrected chi connectivity index (χ1v) is 4.88. The molecule has 1 amide bonds. The number of para-hydroxylation sites is 1. The van der Waals surface area contributed by atoms with Gasteiger partial charge in [-0.2, -0.15) is 0 Å². The number of nitrogens with one attached hydrogen (secondary N) is 1. The molecule has 0 heterocycles. The van der Waals surface area contributed by atoms with Crippen molar-refractivity contribution < 1.29 is 14.7 Å². The molecule has 0 saturated heterocycles. The number of hydrogen-bond donors (Lipinski definition) is 3. The number of amides is 1. The van der Waals surface area contributed by atoms with Crippen molar-refractivity contribution in [1.82, 2.24) is 5.32 Å². The number of benzene rings is 1. The monoisotopic (exact) mass is 232 g/mol. The Kier molecular flexibility index (Phi) is 4.12. The maximum atomic E-state index is 11.7. The van der Waals surface area contributed by atoms with Crippen molar-refractivity contribution in [3.8, 4) is 12.3 Å². The number of aliphatic carboxylic acids is 1. The molecule has 0 radical (unpaired) electrons. The molecule has 1 rings (SSSR count). The van der Waals surface area contributed by atoms with Crippen molar-refractivity contribution in [2.24, 2.45) is 0 Å². The van der Waals surface area contributed by atoms with E-state index in [1.54, 1.807) is 18.2 Å². The Morgan fingerprint density at radius 1 is 1.47 bits per heavy atom. The van der Waals surface area contributed by atoms with Gasteiger partial charge >= 0.3 is 5.97 Å². The van der Waals surface area contributed by atoms with E-state index in [0.717, 1.165) is 0 Å². The van der Waals surface area contributed by atoms with Gasteiger partial charge in [-0.15, -0.1) is 12.3 Å². The molecular weight excluding hydrogens is 220 g/mol. The van der Waals surface area contributed by atoms with Gasteiger partial charge in [0.05, 0.1) is 5.56 Å². The second-order valence-corrected chi connectivity index (χ2v) is 3.36. The van der Waals surface area contributed by atoms with Gasteiger partial charge in [0, 0.05) is 12.1 Å². The van der Waals surface area contributed by atoms with Gasteiger partial charge in [0.15, 0.2) is 0 Å². The lowest BCUT2D eigenvalue weighted by atomic mass is 10.1. The summed E-state index contributed by atoms with van der Waals surface area (Å²) >= 11 is 0. The normalized spacial score (nSPS) is 11.2. The molecule has 0 bridgehead atoms. The third-order valence-corrected chi connectivity index (χ3v) is 2.13. The summed E-state index contributed by atoms with van der Waals surface area (Å²) in [7, 11) is 0. The number of carbonyl (C=O) groups is 2. The molecule has 0 aliphatic carbocycles. The minimum absolute atomic E-state index is 0.0756. The maximum Gasteiger partial charge on any atom is 0.327 e. The zero-order chi connectivity index (χ0) is 12.8. The minimum atomic E-state index is -1.18. The van der Waals surface area contributed by atoms with Crippen LogP contribution < -0.4 is 11.1 Å².